The Morgan fingerprint density at radius 1 is 1.27 bits per heavy atom. The smallest absolute Gasteiger partial charge is 0.387 e. The van der Waals surface area contributed by atoms with E-state index in [0.29, 0.717) is 18.1 Å². The predicted octanol–water partition coefficient (Wildman–Crippen LogP) is 2.22. The zero-order valence-electron chi connectivity index (χ0n) is 7.87. The highest BCUT2D eigenvalue weighted by atomic mass is 19.3. The molecule has 0 N–H and O–H groups in total. The van der Waals surface area contributed by atoms with Gasteiger partial charge < -0.3 is 4.74 Å². The maximum absolute atomic E-state index is 12.0. The van der Waals surface area contributed by atoms with Crippen LogP contribution in [0.15, 0.2) is 12.1 Å². The fourth-order valence-electron chi connectivity index (χ4n) is 1.24. The van der Waals surface area contributed by atoms with Crippen molar-refractivity contribution in [2.75, 3.05) is 0 Å². The van der Waals surface area contributed by atoms with Crippen LogP contribution in [0.2, 0.25) is 0 Å². The minimum Gasteiger partial charge on any atom is -0.434 e. The first-order valence-corrected chi connectivity index (χ1v) is 4.08. The van der Waals surface area contributed by atoms with Gasteiger partial charge in [-0.25, -0.2) is 0 Å². The van der Waals surface area contributed by atoms with Crippen LogP contribution < -0.4 is 4.74 Å². The molecule has 1 aromatic rings. The first kappa shape index (κ1) is 11.3. The lowest BCUT2D eigenvalue weighted by molar-refractivity contribution is -0.0505. The van der Waals surface area contributed by atoms with Crippen LogP contribution in [0.5, 0.6) is 5.75 Å². The van der Waals surface area contributed by atoms with E-state index in [1.165, 1.54) is 19.1 Å². The Hall–Kier alpha value is -1.78. The van der Waals surface area contributed by atoms with Crippen molar-refractivity contribution >= 4 is 12.6 Å². The van der Waals surface area contributed by atoms with Gasteiger partial charge in [0.05, 0.1) is 5.56 Å². The monoisotopic (exact) mass is 214 g/mol. The second kappa shape index (κ2) is 4.63. The van der Waals surface area contributed by atoms with Crippen LogP contribution in [0, 0.1) is 6.92 Å². The summed E-state index contributed by atoms with van der Waals surface area (Å²) in [6.07, 6.45) is 0.907. The van der Waals surface area contributed by atoms with Crippen LogP contribution >= 0.6 is 0 Å². The van der Waals surface area contributed by atoms with Crippen molar-refractivity contribution in [2.45, 2.75) is 13.5 Å². The molecule has 0 unspecified atom stereocenters. The topological polar surface area (TPSA) is 43.4 Å². The van der Waals surface area contributed by atoms with Gasteiger partial charge in [-0.15, -0.1) is 0 Å². The summed E-state index contributed by atoms with van der Waals surface area (Å²) in [5.74, 6) is -0.189. The van der Waals surface area contributed by atoms with Crippen molar-refractivity contribution in [3.05, 3.63) is 28.8 Å². The van der Waals surface area contributed by atoms with Gasteiger partial charge in [-0.3, -0.25) is 9.59 Å². The van der Waals surface area contributed by atoms with Crippen LogP contribution in [-0.2, 0) is 0 Å². The largest absolute Gasteiger partial charge is 0.434 e. The highest BCUT2D eigenvalue weighted by Gasteiger charge is 2.13. The minimum absolute atomic E-state index is 0.0580. The van der Waals surface area contributed by atoms with Gasteiger partial charge in [0.25, 0.3) is 0 Å². The van der Waals surface area contributed by atoms with Crippen molar-refractivity contribution in [2.24, 2.45) is 0 Å². The van der Waals surface area contributed by atoms with Gasteiger partial charge >= 0.3 is 6.61 Å². The summed E-state index contributed by atoms with van der Waals surface area (Å²) in [5, 5.41) is 0. The molecular formula is C10H8F2O3. The fourth-order valence-corrected chi connectivity index (χ4v) is 1.24. The molecule has 1 aromatic carbocycles. The number of halogens is 2. The summed E-state index contributed by atoms with van der Waals surface area (Å²) in [4.78, 5) is 21.0. The van der Waals surface area contributed by atoms with E-state index in [0.717, 1.165) is 0 Å². The minimum atomic E-state index is -3.00. The zero-order valence-corrected chi connectivity index (χ0v) is 7.87. The summed E-state index contributed by atoms with van der Waals surface area (Å²) in [6, 6.07) is 2.57. The number of rotatable bonds is 4. The molecule has 3 nitrogen and oxygen atoms in total. The lowest BCUT2D eigenvalue weighted by Gasteiger charge is -2.10. The number of carbonyl (C=O) groups excluding carboxylic acids is 2. The van der Waals surface area contributed by atoms with E-state index in [4.69, 9.17) is 0 Å². The average Bonchev–Trinajstić information content (AvgIpc) is 2.20. The Kier molecular flexibility index (Phi) is 3.49. The van der Waals surface area contributed by atoms with Crippen LogP contribution in [0.4, 0.5) is 8.78 Å². The molecule has 0 atom stereocenters. The lowest BCUT2D eigenvalue weighted by Crippen LogP contribution is -2.06. The number of aryl methyl sites for hydroxylation is 1. The molecule has 1 rings (SSSR count). The van der Waals surface area contributed by atoms with E-state index >= 15 is 0 Å². The summed E-state index contributed by atoms with van der Waals surface area (Å²) < 4.78 is 28.2. The normalized spacial score (nSPS) is 10.1. The summed E-state index contributed by atoms with van der Waals surface area (Å²) in [5.41, 5.74) is 0.510. The first-order valence-electron chi connectivity index (χ1n) is 4.08. The number of carbonyl (C=O) groups is 2. The predicted molar refractivity (Wildman–Crippen MR) is 48.6 cm³/mol. The van der Waals surface area contributed by atoms with Crippen molar-refractivity contribution in [3.63, 3.8) is 0 Å². The van der Waals surface area contributed by atoms with Crippen molar-refractivity contribution in [1.82, 2.24) is 0 Å². The van der Waals surface area contributed by atoms with E-state index in [-0.39, 0.29) is 16.9 Å². The van der Waals surface area contributed by atoms with Crippen LogP contribution in [0.25, 0.3) is 0 Å². The summed E-state index contributed by atoms with van der Waals surface area (Å²) in [7, 11) is 0. The first-order chi connectivity index (χ1) is 7.08. The van der Waals surface area contributed by atoms with E-state index in [1.54, 1.807) is 0 Å². The van der Waals surface area contributed by atoms with Crippen molar-refractivity contribution in [1.29, 1.82) is 0 Å². The van der Waals surface area contributed by atoms with Gasteiger partial charge in [0, 0.05) is 5.56 Å². The zero-order chi connectivity index (χ0) is 11.4. The summed E-state index contributed by atoms with van der Waals surface area (Å²) >= 11 is 0. The summed E-state index contributed by atoms with van der Waals surface area (Å²) in [6.45, 7) is -1.51. The molecular weight excluding hydrogens is 206 g/mol. The molecule has 0 heterocycles. The molecule has 0 aliphatic carbocycles. The average molecular weight is 214 g/mol. The van der Waals surface area contributed by atoms with Gasteiger partial charge in [-0.2, -0.15) is 8.78 Å². The maximum atomic E-state index is 12.0. The molecule has 0 aromatic heterocycles. The number of ether oxygens (including phenoxy) is 1. The molecule has 0 spiro atoms. The van der Waals surface area contributed by atoms with Gasteiger partial charge in [0.1, 0.15) is 12.0 Å². The van der Waals surface area contributed by atoms with E-state index in [2.05, 4.69) is 4.74 Å². The second-order valence-corrected chi connectivity index (χ2v) is 2.87. The Bertz CT molecular complexity index is 388. The molecule has 0 saturated carbocycles. The van der Waals surface area contributed by atoms with E-state index in [1.807, 2.05) is 0 Å². The SMILES string of the molecule is Cc1cc(C=O)cc(C=O)c1OC(F)F. The van der Waals surface area contributed by atoms with E-state index < -0.39 is 6.61 Å². The Balaban J connectivity index is 3.24. The molecule has 0 bridgehead atoms. The Labute approximate surface area is 84.7 Å². The lowest BCUT2D eigenvalue weighted by atomic mass is 10.1. The molecule has 5 heteroatoms. The third-order valence-electron chi connectivity index (χ3n) is 1.80. The number of hydrogen-bond donors (Lipinski definition) is 0. The molecule has 0 aliphatic rings. The number of benzene rings is 1. The number of hydrogen-bond acceptors (Lipinski definition) is 3. The van der Waals surface area contributed by atoms with Crippen molar-refractivity contribution in [3.8, 4) is 5.75 Å². The van der Waals surface area contributed by atoms with Gasteiger partial charge in [-0.05, 0) is 24.6 Å². The molecule has 80 valence electrons. The molecule has 0 radical (unpaired) electrons. The molecule has 0 aliphatic heterocycles. The number of alkyl halides is 2. The Morgan fingerprint density at radius 2 is 1.93 bits per heavy atom. The third kappa shape index (κ3) is 2.59. The Morgan fingerprint density at radius 3 is 2.40 bits per heavy atom. The van der Waals surface area contributed by atoms with Gasteiger partial charge in [-0.1, -0.05) is 0 Å². The molecule has 0 amide bonds. The van der Waals surface area contributed by atoms with Gasteiger partial charge in [0.2, 0.25) is 0 Å². The van der Waals surface area contributed by atoms with Gasteiger partial charge in [0.15, 0.2) is 6.29 Å². The van der Waals surface area contributed by atoms with E-state index in [9.17, 15) is 18.4 Å². The quantitative estimate of drug-likeness (QED) is 0.722. The highest BCUT2D eigenvalue weighted by molar-refractivity contribution is 5.86. The van der Waals surface area contributed by atoms with Crippen LogP contribution in [-0.4, -0.2) is 19.2 Å². The molecule has 15 heavy (non-hydrogen) atoms. The molecule has 0 saturated heterocycles. The molecule has 0 fully saturated rings. The fraction of sp³-hybridized carbons (Fsp3) is 0.200. The van der Waals surface area contributed by atoms with Crippen LogP contribution in [0.1, 0.15) is 26.3 Å². The third-order valence-corrected chi connectivity index (χ3v) is 1.80. The highest BCUT2D eigenvalue weighted by Crippen LogP contribution is 2.25. The number of aldehydes is 2. The maximum Gasteiger partial charge on any atom is 0.387 e. The van der Waals surface area contributed by atoms with Crippen molar-refractivity contribution < 1.29 is 23.1 Å². The second-order valence-electron chi connectivity index (χ2n) is 2.87. The van der Waals surface area contributed by atoms with Crippen LogP contribution in [0.3, 0.4) is 0 Å². The standard InChI is InChI=1S/C10H8F2O3/c1-6-2-7(4-13)3-8(5-14)9(6)15-10(11)12/h2-5,10H,1H3.